The predicted molar refractivity (Wildman–Crippen MR) is 129 cm³/mol. The lowest BCUT2D eigenvalue weighted by Crippen LogP contribution is -2.34. The lowest BCUT2D eigenvalue weighted by molar-refractivity contribution is 0.0970. The fraction of sp³-hybridized carbons (Fsp3) is 0.125. The molecule has 0 radical (unpaired) electrons. The zero-order valence-corrected chi connectivity index (χ0v) is 18.7. The summed E-state index contributed by atoms with van der Waals surface area (Å²) in [5, 5.41) is 8.52. The Morgan fingerprint density at radius 2 is 1.34 bits per heavy atom. The fourth-order valence-electron chi connectivity index (χ4n) is 3.03. The number of aryl methyl sites for hydroxylation is 1. The molecular weight excluding hydrogens is 426 g/mol. The fourth-order valence-corrected chi connectivity index (χ4v) is 3.24. The number of carbonyl (C=O) groups excluding carboxylic acids is 2. The molecule has 0 atom stereocenters. The van der Waals surface area contributed by atoms with Crippen molar-refractivity contribution in [2.45, 2.75) is 6.92 Å². The van der Waals surface area contributed by atoms with Crippen molar-refractivity contribution < 1.29 is 19.1 Å². The maximum Gasteiger partial charge on any atom is 0.264 e. The lowest BCUT2D eigenvalue weighted by atomic mass is 10.1. The third-order valence-electron chi connectivity index (χ3n) is 4.56. The number of rotatable bonds is 6. The summed E-state index contributed by atoms with van der Waals surface area (Å²) in [4.78, 5) is 25.1. The van der Waals surface area contributed by atoms with Gasteiger partial charge in [-0.25, -0.2) is 0 Å². The van der Waals surface area contributed by atoms with Gasteiger partial charge in [0.1, 0.15) is 17.1 Å². The van der Waals surface area contributed by atoms with Crippen molar-refractivity contribution in [1.29, 1.82) is 0 Å². The second kappa shape index (κ2) is 10.4. The average molecular weight is 450 g/mol. The van der Waals surface area contributed by atoms with Gasteiger partial charge in [0.05, 0.1) is 14.2 Å². The number of amides is 2. The highest BCUT2D eigenvalue weighted by molar-refractivity contribution is 7.80. The molecule has 8 heteroatoms. The zero-order chi connectivity index (χ0) is 23.1. The molecule has 0 bridgehead atoms. The van der Waals surface area contributed by atoms with E-state index >= 15 is 0 Å². The van der Waals surface area contributed by atoms with Crippen LogP contribution in [-0.2, 0) is 0 Å². The van der Waals surface area contributed by atoms with Gasteiger partial charge in [-0.2, -0.15) is 0 Å². The molecule has 0 aliphatic carbocycles. The molecule has 0 heterocycles. The number of hydrogen-bond acceptors (Lipinski definition) is 5. The number of benzene rings is 3. The number of anilines is 2. The Kier molecular flexibility index (Phi) is 7.41. The van der Waals surface area contributed by atoms with Crippen LogP contribution in [0.3, 0.4) is 0 Å². The van der Waals surface area contributed by atoms with Crippen LogP contribution in [0, 0.1) is 6.92 Å². The van der Waals surface area contributed by atoms with Gasteiger partial charge in [0, 0.05) is 16.9 Å². The van der Waals surface area contributed by atoms with Crippen LogP contribution in [0.2, 0.25) is 0 Å². The molecule has 2 amide bonds. The second-order valence-electron chi connectivity index (χ2n) is 6.85. The third-order valence-corrected chi connectivity index (χ3v) is 4.77. The summed E-state index contributed by atoms with van der Waals surface area (Å²) in [6.07, 6.45) is 0. The van der Waals surface area contributed by atoms with Crippen molar-refractivity contribution in [3.05, 3.63) is 83.4 Å². The molecule has 0 aliphatic rings. The van der Waals surface area contributed by atoms with E-state index in [1.165, 1.54) is 14.2 Å². The zero-order valence-electron chi connectivity index (χ0n) is 17.9. The minimum absolute atomic E-state index is 0.111. The Hall–Kier alpha value is -3.91. The van der Waals surface area contributed by atoms with Crippen molar-refractivity contribution in [2.75, 3.05) is 24.9 Å². The highest BCUT2D eigenvalue weighted by Crippen LogP contribution is 2.28. The Morgan fingerprint density at radius 1 is 0.781 bits per heavy atom. The summed E-state index contributed by atoms with van der Waals surface area (Å²) in [7, 11) is 2.95. The van der Waals surface area contributed by atoms with E-state index in [0.717, 1.165) is 5.56 Å². The van der Waals surface area contributed by atoms with Crippen LogP contribution >= 0.6 is 12.2 Å². The molecule has 0 unspecified atom stereocenters. The summed E-state index contributed by atoms with van der Waals surface area (Å²) in [5.41, 5.74) is 3.13. The van der Waals surface area contributed by atoms with Crippen molar-refractivity contribution in [3.63, 3.8) is 0 Å². The van der Waals surface area contributed by atoms with Crippen LogP contribution in [0.1, 0.15) is 26.3 Å². The van der Waals surface area contributed by atoms with E-state index in [1.807, 2.05) is 25.1 Å². The van der Waals surface area contributed by atoms with Crippen LogP contribution < -0.4 is 25.4 Å². The summed E-state index contributed by atoms with van der Waals surface area (Å²) < 4.78 is 10.5. The second-order valence-corrected chi connectivity index (χ2v) is 7.25. The number of ether oxygens (including phenoxy) is 2. The quantitative estimate of drug-likeness (QED) is 0.484. The minimum atomic E-state index is -0.459. The molecule has 32 heavy (non-hydrogen) atoms. The van der Waals surface area contributed by atoms with Crippen LogP contribution in [-0.4, -0.2) is 31.1 Å². The van der Waals surface area contributed by atoms with Gasteiger partial charge >= 0.3 is 0 Å². The predicted octanol–water partition coefficient (Wildman–Crippen LogP) is 4.39. The molecule has 3 aromatic carbocycles. The topological polar surface area (TPSA) is 88.7 Å². The molecule has 0 spiro atoms. The van der Waals surface area contributed by atoms with Crippen LogP contribution in [0.5, 0.6) is 11.5 Å². The van der Waals surface area contributed by atoms with Gasteiger partial charge in [-0.05, 0) is 67.7 Å². The summed E-state index contributed by atoms with van der Waals surface area (Å²) >= 11 is 5.26. The molecule has 7 nitrogen and oxygen atoms in total. The first-order valence-corrected chi connectivity index (χ1v) is 10.1. The molecule has 3 N–H and O–H groups in total. The highest BCUT2D eigenvalue weighted by Gasteiger charge is 2.19. The van der Waals surface area contributed by atoms with Gasteiger partial charge in [0.25, 0.3) is 11.8 Å². The van der Waals surface area contributed by atoms with Gasteiger partial charge in [-0.15, -0.1) is 0 Å². The van der Waals surface area contributed by atoms with E-state index < -0.39 is 5.91 Å². The number of thiocarbonyl (C=S) groups is 1. The number of methoxy groups -OCH3 is 2. The maximum atomic E-state index is 12.7. The minimum Gasteiger partial charge on any atom is -0.496 e. The molecule has 0 fully saturated rings. The lowest BCUT2D eigenvalue weighted by Gasteiger charge is -2.14. The van der Waals surface area contributed by atoms with Crippen LogP contribution in [0.15, 0.2) is 66.7 Å². The van der Waals surface area contributed by atoms with Crippen molar-refractivity contribution >= 4 is 40.5 Å². The van der Waals surface area contributed by atoms with E-state index in [1.54, 1.807) is 48.5 Å². The molecule has 0 saturated carbocycles. The Labute approximate surface area is 191 Å². The first-order chi connectivity index (χ1) is 15.4. The van der Waals surface area contributed by atoms with Crippen LogP contribution in [0.25, 0.3) is 0 Å². The van der Waals surface area contributed by atoms with Gasteiger partial charge in [-0.1, -0.05) is 23.8 Å². The molecular formula is C24H23N3O4S. The average Bonchev–Trinajstić information content (AvgIpc) is 2.79. The van der Waals surface area contributed by atoms with Crippen molar-refractivity contribution in [2.24, 2.45) is 0 Å². The summed E-state index contributed by atoms with van der Waals surface area (Å²) in [6, 6.07) is 19.4. The monoisotopic (exact) mass is 449 g/mol. The third kappa shape index (κ3) is 5.61. The molecule has 3 rings (SSSR count). The molecule has 0 aromatic heterocycles. The molecule has 0 aliphatic heterocycles. The van der Waals surface area contributed by atoms with E-state index in [9.17, 15) is 9.59 Å². The van der Waals surface area contributed by atoms with Gasteiger partial charge in [-0.3, -0.25) is 14.9 Å². The smallest absolute Gasteiger partial charge is 0.264 e. The van der Waals surface area contributed by atoms with Gasteiger partial charge in [0.15, 0.2) is 5.11 Å². The normalized spacial score (nSPS) is 10.1. The van der Waals surface area contributed by atoms with E-state index in [-0.39, 0.29) is 16.6 Å². The standard InChI is InChI=1S/C24H23N3O4S/c1-15-6-4-7-16(14-15)22(28)25-17-10-12-18(13-11-17)26-24(32)27-23(29)21-19(30-2)8-5-9-20(21)31-3/h4-14H,1-3H3,(H,25,28)(H2,26,27,29,32). The van der Waals surface area contributed by atoms with Crippen molar-refractivity contribution in [1.82, 2.24) is 5.32 Å². The Morgan fingerprint density at radius 3 is 1.91 bits per heavy atom. The molecule has 0 saturated heterocycles. The SMILES string of the molecule is COc1cccc(OC)c1C(=O)NC(=S)Nc1ccc(NC(=O)c2cccc(C)c2)cc1. The Bertz CT molecular complexity index is 1120. The first kappa shape index (κ1) is 22.8. The highest BCUT2D eigenvalue weighted by atomic mass is 32.1. The molecule has 3 aromatic rings. The largest absolute Gasteiger partial charge is 0.496 e. The number of carbonyl (C=O) groups is 2. The number of hydrogen-bond donors (Lipinski definition) is 3. The molecule has 164 valence electrons. The summed E-state index contributed by atoms with van der Waals surface area (Å²) in [5.74, 6) is 0.0958. The van der Waals surface area contributed by atoms with E-state index in [2.05, 4.69) is 16.0 Å². The first-order valence-electron chi connectivity index (χ1n) is 9.72. The van der Waals surface area contributed by atoms with Gasteiger partial charge in [0.2, 0.25) is 0 Å². The number of nitrogens with one attached hydrogen (secondary N) is 3. The van der Waals surface area contributed by atoms with Crippen LogP contribution in [0.4, 0.5) is 11.4 Å². The maximum absolute atomic E-state index is 12.7. The Balaban J connectivity index is 1.62. The summed E-state index contributed by atoms with van der Waals surface area (Å²) in [6.45, 7) is 1.93. The van der Waals surface area contributed by atoms with Gasteiger partial charge < -0.3 is 20.1 Å². The van der Waals surface area contributed by atoms with E-state index in [4.69, 9.17) is 21.7 Å². The van der Waals surface area contributed by atoms with E-state index in [0.29, 0.717) is 28.4 Å². The van der Waals surface area contributed by atoms with Crippen molar-refractivity contribution in [3.8, 4) is 11.5 Å².